The molecule has 3 rings (SSSR count). The lowest BCUT2D eigenvalue weighted by atomic mass is 10.2. The van der Waals surface area contributed by atoms with Crippen LogP contribution in [0.15, 0.2) is 0 Å². The lowest BCUT2D eigenvalue weighted by Gasteiger charge is -2.30. The summed E-state index contributed by atoms with van der Waals surface area (Å²) in [4.78, 5) is 14.4. The molecule has 2 aliphatic rings. The fourth-order valence-electron chi connectivity index (χ4n) is 3.15. The van der Waals surface area contributed by atoms with E-state index in [-0.39, 0.29) is 12.0 Å². The summed E-state index contributed by atoms with van der Waals surface area (Å²) in [6.07, 6.45) is 1.80. The molecule has 1 saturated heterocycles. The van der Waals surface area contributed by atoms with Crippen LogP contribution in [0.3, 0.4) is 0 Å². The average Bonchev–Trinajstić information content (AvgIpc) is 3.20. The van der Waals surface area contributed by atoms with Crippen molar-refractivity contribution in [3.8, 4) is 0 Å². The summed E-state index contributed by atoms with van der Waals surface area (Å²) in [5, 5.41) is 8.49. The summed E-state index contributed by atoms with van der Waals surface area (Å²) < 4.78 is 13.4. The predicted molar refractivity (Wildman–Crippen MR) is 83.9 cm³/mol. The molecule has 1 amide bonds. The summed E-state index contributed by atoms with van der Waals surface area (Å²) in [5.74, 6) is 2.21. The number of aromatic nitrogens is 3. The van der Waals surface area contributed by atoms with E-state index in [4.69, 9.17) is 9.47 Å². The van der Waals surface area contributed by atoms with Crippen LogP contribution in [0, 0.1) is 0 Å². The Morgan fingerprint density at radius 3 is 2.87 bits per heavy atom. The van der Waals surface area contributed by atoms with Gasteiger partial charge in [-0.1, -0.05) is 13.8 Å². The molecule has 1 aromatic heterocycles. The molecule has 0 radical (unpaired) electrons. The van der Waals surface area contributed by atoms with E-state index < -0.39 is 6.10 Å². The molecule has 3 heterocycles. The van der Waals surface area contributed by atoms with Crippen molar-refractivity contribution in [3.05, 3.63) is 11.6 Å². The van der Waals surface area contributed by atoms with E-state index in [0.29, 0.717) is 25.6 Å². The van der Waals surface area contributed by atoms with Gasteiger partial charge in [0, 0.05) is 25.6 Å². The maximum Gasteiger partial charge on any atom is 0.251 e. The van der Waals surface area contributed by atoms with Crippen molar-refractivity contribution < 1.29 is 14.3 Å². The number of nitrogens with zero attached hydrogens (tertiary/aromatic N) is 4. The van der Waals surface area contributed by atoms with Crippen LogP contribution < -0.4 is 0 Å². The van der Waals surface area contributed by atoms with E-state index in [2.05, 4.69) is 28.6 Å². The van der Waals surface area contributed by atoms with Crippen LogP contribution in [0.25, 0.3) is 0 Å². The molecule has 1 fully saturated rings. The van der Waals surface area contributed by atoms with Gasteiger partial charge in [-0.3, -0.25) is 4.79 Å². The summed E-state index contributed by atoms with van der Waals surface area (Å²) in [7, 11) is 0. The molecule has 23 heavy (non-hydrogen) atoms. The van der Waals surface area contributed by atoms with Crippen molar-refractivity contribution in [3.63, 3.8) is 0 Å². The van der Waals surface area contributed by atoms with Crippen LogP contribution in [0.4, 0.5) is 0 Å². The molecule has 1 aromatic rings. The normalized spacial score (nSPS) is 22.4. The van der Waals surface area contributed by atoms with Crippen molar-refractivity contribution in [2.75, 3.05) is 19.8 Å². The van der Waals surface area contributed by atoms with Crippen LogP contribution in [0.2, 0.25) is 0 Å². The number of fused-ring (bicyclic) bond motifs is 1. The summed E-state index contributed by atoms with van der Waals surface area (Å²) in [5.41, 5.74) is 0. The van der Waals surface area contributed by atoms with E-state index in [1.807, 2.05) is 11.8 Å². The SMILES string of the molecule is CC(C)c1nnc2n1CCN(C(=O)[C@@H](C)OC[C@H]1CCCO1)C2. The molecular weight excluding hydrogens is 296 g/mol. The number of amides is 1. The molecule has 128 valence electrons. The van der Waals surface area contributed by atoms with E-state index in [1.165, 1.54) is 0 Å². The van der Waals surface area contributed by atoms with Gasteiger partial charge >= 0.3 is 0 Å². The highest BCUT2D eigenvalue weighted by Crippen LogP contribution is 2.19. The first-order valence-electron chi connectivity index (χ1n) is 8.50. The first-order chi connectivity index (χ1) is 11.1. The van der Waals surface area contributed by atoms with Crippen LogP contribution in [0.5, 0.6) is 0 Å². The first-order valence-corrected chi connectivity index (χ1v) is 8.50. The lowest BCUT2D eigenvalue weighted by Crippen LogP contribution is -2.44. The van der Waals surface area contributed by atoms with Crippen LogP contribution in [-0.4, -0.2) is 57.5 Å². The molecule has 7 heteroatoms. The number of hydrogen-bond donors (Lipinski definition) is 0. The predicted octanol–water partition coefficient (Wildman–Crippen LogP) is 1.33. The highest BCUT2D eigenvalue weighted by Gasteiger charge is 2.29. The van der Waals surface area contributed by atoms with Crippen LogP contribution in [-0.2, 0) is 27.4 Å². The van der Waals surface area contributed by atoms with Gasteiger partial charge in [-0.2, -0.15) is 0 Å². The van der Waals surface area contributed by atoms with Crippen molar-refractivity contribution >= 4 is 5.91 Å². The quantitative estimate of drug-likeness (QED) is 0.818. The Morgan fingerprint density at radius 2 is 2.17 bits per heavy atom. The van der Waals surface area contributed by atoms with Gasteiger partial charge < -0.3 is 18.9 Å². The Bertz CT molecular complexity index is 552. The van der Waals surface area contributed by atoms with Gasteiger partial charge in [0.15, 0.2) is 5.82 Å². The van der Waals surface area contributed by atoms with Gasteiger partial charge in [0.2, 0.25) is 0 Å². The topological polar surface area (TPSA) is 69.5 Å². The monoisotopic (exact) mass is 322 g/mol. The molecule has 7 nitrogen and oxygen atoms in total. The minimum absolute atomic E-state index is 0.0170. The molecule has 0 aliphatic carbocycles. The molecular formula is C16H26N4O3. The maximum absolute atomic E-state index is 12.6. The number of hydrogen-bond acceptors (Lipinski definition) is 5. The minimum atomic E-state index is -0.446. The second-order valence-corrected chi connectivity index (χ2v) is 6.65. The second-order valence-electron chi connectivity index (χ2n) is 6.65. The number of carbonyl (C=O) groups is 1. The van der Waals surface area contributed by atoms with Crippen molar-refractivity contribution in [1.29, 1.82) is 0 Å². The Morgan fingerprint density at radius 1 is 1.35 bits per heavy atom. The van der Waals surface area contributed by atoms with E-state index in [9.17, 15) is 4.79 Å². The van der Waals surface area contributed by atoms with E-state index >= 15 is 0 Å². The third kappa shape index (κ3) is 3.55. The summed E-state index contributed by atoms with van der Waals surface area (Å²) >= 11 is 0. The molecule has 0 aromatic carbocycles. The molecule has 0 saturated carbocycles. The molecule has 2 atom stereocenters. The van der Waals surface area contributed by atoms with Gasteiger partial charge in [0.25, 0.3) is 5.91 Å². The van der Waals surface area contributed by atoms with Crippen LogP contribution in [0.1, 0.15) is 51.2 Å². The van der Waals surface area contributed by atoms with Crippen LogP contribution >= 0.6 is 0 Å². The zero-order valence-electron chi connectivity index (χ0n) is 14.2. The van der Waals surface area contributed by atoms with E-state index in [1.54, 1.807) is 0 Å². The minimum Gasteiger partial charge on any atom is -0.376 e. The van der Waals surface area contributed by atoms with Gasteiger partial charge in [-0.15, -0.1) is 10.2 Å². The van der Waals surface area contributed by atoms with Gasteiger partial charge in [-0.05, 0) is 19.8 Å². The number of carbonyl (C=O) groups excluding carboxylic acids is 1. The van der Waals surface area contributed by atoms with Crippen molar-refractivity contribution in [2.24, 2.45) is 0 Å². The fraction of sp³-hybridized carbons (Fsp3) is 0.812. The van der Waals surface area contributed by atoms with E-state index in [0.717, 1.165) is 37.6 Å². The van der Waals surface area contributed by atoms with Gasteiger partial charge in [0.05, 0.1) is 19.3 Å². The zero-order valence-corrected chi connectivity index (χ0v) is 14.2. The third-order valence-electron chi connectivity index (χ3n) is 4.51. The molecule has 0 unspecified atom stereocenters. The highest BCUT2D eigenvalue weighted by molar-refractivity contribution is 5.80. The molecule has 0 N–H and O–H groups in total. The Labute approximate surface area is 137 Å². The summed E-state index contributed by atoms with van der Waals surface area (Å²) in [6, 6.07) is 0. The fourth-order valence-corrected chi connectivity index (χ4v) is 3.15. The first kappa shape index (κ1) is 16.4. The Balaban J connectivity index is 1.55. The molecule has 0 spiro atoms. The smallest absolute Gasteiger partial charge is 0.251 e. The maximum atomic E-state index is 12.6. The van der Waals surface area contributed by atoms with Gasteiger partial charge in [-0.25, -0.2) is 0 Å². The summed E-state index contributed by atoms with van der Waals surface area (Å²) in [6.45, 7) is 9.26. The molecule has 0 bridgehead atoms. The van der Waals surface area contributed by atoms with Gasteiger partial charge in [0.1, 0.15) is 11.9 Å². The Kier molecular flexibility index (Phi) is 4.96. The largest absolute Gasteiger partial charge is 0.376 e. The second kappa shape index (κ2) is 6.97. The number of rotatable bonds is 5. The third-order valence-corrected chi connectivity index (χ3v) is 4.51. The highest BCUT2D eigenvalue weighted by atomic mass is 16.5. The Hall–Kier alpha value is -1.47. The average molecular weight is 322 g/mol. The lowest BCUT2D eigenvalue weighted by molar-refractivity contribution is -0.146. The standard InChI is InChI=1S/C16H26N4O3/c1-11(2)15-18-17-14-9-19(6-7-20(14)15)16(21)12(3)23-10-13-5-4-8-22-13/h11-13H,4-10H2,1-3H3/t12-,13-/m1/s1. The van der Waals surface area contributed by atoms with Crippen molar-refractivity contribution in [1.82, 2.24) is 19.7 Å². The zero-order chi connectivity index (χ0) is 16.4. The molecule has 2 aliphatic heterocycles. The number of ether oxygens (including phenoxy) is 2. The van der Waals surface area contributed by atoms with Crippen molar-refractivity contribution in [2.45, 2.75) is 64.8 Å².